The first-order chi connectivity index (χ1) is 16.6. The average molecular weight is 512 g/mol. The number of carbonyl (C=O) groups is 4. The SMILES string of the molecule is NC(N)=NCCCC(NC(=O)C(N)Cc1cnc[nH]1)C(=O)NC(CS)C(=O)N1CCCC1C(=O)O. The second-order valence-electron chi connectivity index (χ2n) is 8.17. The van der Waals surface area contributed by atoms with Crippen LogP contribution in [-0.2, 0) is 25.6 Å². The highest BCUT2D eigenvalue weighted by Gasteiger charge is 2.38. The maximum Gasteiger partial charge on any atom is 0.326 e. The summed E-state index contributed by atoms with van der Waals surface area (Å²) in [6, 6.07) is -4.00. The van der Waals surface area contributed by atoms with Gasteiger partial charge in [0.15, 0.2) is 5.96 Å². The van der Waals surface area contributed by atoms with Crippen LogP contribution in [0.1, 0.15) is 31.4 Å². The maximum absolute atomic E-state index is 13.1. The molecule has 14 nitrogen and oxygen atoms in total. The van der Waals surface area contributed by atoms with Crippen molar-refractivity contribution < 1.29 is 24.3 Å². The Bertz CT molecular complexity index is 907. The van der Waals surface area contributed by atoms with E-state index in [2.05, 4.69) is 38.2 Å². The number of rotatable bonds is 13. The second kappa shape index (κ2) is 13.5. The number of nitrogens with one attached hydrogen (secondary N) is 3. The summed E-state index contributed by atoms with van der Waals surface area (Å²) in [6.45, 7) is 0.502. The summed E-state index contributed by atoms with van der Waals surface area (Å²) < 4.78 is 0. The van der Waals surface area contributed by atoms with Crippen LogP contribution in [0.5, 0.6) is 0 Å². The largest absolute Gasteiger partial charge is 0.480 e. The van der Waals surface area contributed by atoms with E-state index in [4.69, 9.17) is 17.2 Å². The number of carbonyl (C=O) groups excluding carboxylic acids is 3. The first kappa shape index (κ1) is 27.9. The number of hydrogen-bond acceptors (Lipinski definition) is 8. The molecule has 1 saturated heterocycles. The molecule has 1 fully saturated rings. The number of carboxylic acid groups (broad SMARTS) is 1. The molecule has 3 amide bonds. The van der Waals surface area contributed by atoms with Gasteiger partial charge in [-0.1, -0.05) is 0 Å². The van der Waals surface area contributed by atoms with Crippen LogP contribution in [0.2, 0.25) is 0 Å². The molecule has 0 radical (unpaired) electrons. The summed E-state index contributed by atoms with van der Waals surface area (Å²) in [5.41, 5.74) is 17.3. The van der Waals surface area contributed by atoms with E-state index in [9.17, 15) is 24.3 Å². The highest BCUT2D eigenvalue weighted by molar-refractivity contribution is 7.80. The molecule has 0 spiro atoms. The fourth-order valence-electron chi connectivity index (χ4n) is 3.72. The van der Waals surface area contributed by atoms with Gasteiger partial charge in [-0.3, -0.25) is 19.4 Å². The number of aliphatic imine (C=N–C) groups is 1. The zero-order valence-corrected chi connectivity index (χ0v) is 20.1. The number of hydrogen-bond donors (Lipinski definition) is 8. The summed E-state index contributed by atoms with van der Waals surface area (Å²) >= 11 is 4.16. The molecule has 1 aromatic rings. The highest BCUT2D eigenvalue weighted by Crippen LogP contribution is 2.19. The normalized spacial score (nSPS) is 17.8. The number of aliphatic carboxylic acids is 1. The van der Waals surface area contributed by atoms with E-state index in [1.807, 2.05) is 0 Å². The minimum Gasteiger partial charge on any atom is -0.480 e. The van der Waals surface area contributed by atoms with Gasteiger partial charge in [-0.25, -0.2) is 9.78 Å². The van der Waals surface area contributed by atoms with E-state index in [0.717, 1.165) is 0 Å². The van der Waals surface area contributed by atoms with Crippen molar-refractivity contribution in [3.8, 4) is 0 Å². The van der Waals surface area contributed by atoms with Gasteiger partial charge in [-0.15, -0.1) is 0 Å². The first-order valence-electron chi connectivity index (χ1n) is 11.2. The molecule has 1 aliphatic heterocycles. The first-order valence-corrected chi connectivity index (χ1v) is 11.8. The molecule has 15 heteroatoms. The van der Waals surface area contributed by atoms with Gasteiger partial charge in [-0.2, -0.15) is 12.6 Å². The lowest BCUT2D eigenvalue weighted by Gasteiger charge is -2.28. The van der Waals surface area contributed by atoms with Gasteiger partial charge in [-0.05, 0) is 25.7 Å². The number of carboxylic acids is 1. The Hall–Kier alpha value is -3.33. The van der Waals surface area contributed by atoms with Crippen molar-refractivity contribution in [1.82, 2.24) is 25.5 Å². The van der Waals surface area contributed by atoms with Crippen molar-refractivity contribution in [2.45, 2.75) is 56.3 Å². The van der Waals surface area contributed by atoms with Crippen LogP contribution < -0.4 is 27.8 Å². The summed E-state index contributed by atoms with van der Waals surface area (Å²) in [6.07, 6.45) is 4.60. The molecule has 1 aliphatic rings. The molecule has 0 aromatic carbocycles. The number of aromatic nitrogens is 2. The van der Waals surface area contributed by atoms with Crippen LogP contribution in [0, 0.1) is 0 Å². The lowest BCUT2D eigenvalue weighted by atomic mass is 10.1. The van der Waals surface area contributed by atoms with Crippen molar-refractivity contribution in [2.24, 2.45) is 22.2 Å². The number of nitrogens with zero attached hydrogens (tertiary/aromatic N) is 3. The van der Waals surface area contributed by atoms with Crippen molar-refractivity contribution in [3.63, 3.8) is 0 Å². The Balaban J connectivity index is 2.07. The molecule has 4 atom stereocenters. The molecule has 0 aliphatic carbocycles. The van der Waals surface area contributed by atoms with Crippen LogP contribution in [-0.4, -0.2) is 92.6 Å². The van der Waals surface area contributed by atoms with E-state index < -0.39 is 47.9 Å². The van der Waals surface area contributed by atoms with Gasteiger partial charge >= 0.3 is 5.97 Å². The number of nitrogens with two attached hydrogens (primary N) is 3. The van der Waals surface area contributed by atoms with Crippen LogP contribution in [0.4, 0.5) is 0 Å². The minimum absolute atomic E-state index is 0.0541. The fourth-order valence-corrected chi connectivity index (χ4v) is 3.97. The van der Waals surface area contributed by atoms with Crippen molar-refractivity contribution in [1.29, 1.82) is 0 Å². The number of likely N-dealkylation sites (tertiary alicyclic amines) is 1. The predicted molar refractivity (Wildman–Crippen MR) is 130 cm³/mol. The summed E-state index contributed by atoms with van der Waals surface area (Å²) in [4.78, 5) is 61.9. The van der Waals surface area contributed by atoms with E-state index in [1.165, 1.54) is 17.4 Å². The van der Waals surface area contributed by atoms with E-state index in [-0.39, 0.29) is 37.6 Å². The quantitative estimate of drug-likeness (QED) is 0.0594. The number of H-pyrrole nitrogens is 1. The van der Waals surface area contributed by atoms with Crippen molar-refractivity contribution in [2.75, 3.05) is 18.8 Å². The summed E-state index contributed by atoms with van der Waals surface area (Å²) in [5.74, 6) is -3.00. The van der Waals surface area contributed by atoms with E-state index >= 15 is 0 Å². The molecule has 2 rings (SSSR count). The summed E-state index contributed by atoms with van der Waals surface area (Å²) in [5, 5.41) is 14.6. The fraction of sp³-hybridized carbons (Fsp3) is 0.600. The van der Waals surface area contributed by atoms with Gasteiger partial charge in [0.05, 0.1) is 12.4 Å². The van der Waals surface area contributed by atoms with E-state index in [1.54, 1.807) is 0 Å². The van der Waals surface area contributed by atoms with Crippen molar-refractivity contribution >= 4 is 42.3 Å². The predicted octanol–water partition coefficient (Wildman–Crippen LogP) is -2.69. The second-order valence-corrected chi connectivity index (χ2v) is 8.53. The molecule has 35 heavy (non-hydrogen) atoms. The number of amides is 3. The Morgan fingerprint density at radius 1 is 1.26 bits per heavy atom. The van der Waals surface area contributed by atoms with Crippen LogP contribution in [0.15, 0.2) is 17.5 Å². The van der Waals surface area contributed by atoms with Gasteiger partial charge < -0.3 is 42.8 Å². The lowest BCUT2D eigenvalue weighted by molar-refractivity contribution is -0.149. The number of aromatic amines is 1. The topological polar surface area (TPSA) is 235 Å². The number of imidazole rings is 1. The molecule has 0 saturated carbocycles. The van der Waals surface area contributed by atoms with Crippen LogP contribution in [0.25, 0.3) is 0 Å². The molecule has 10 N–H and O–H groups in total. The number of thiol groups is 1. The van der Waals surface area contributed by atoms with Crippen LogP contribution >= 0.6 is 12.6 Å². The van der Waals surface area contributed by atoms with Gasteiger partial charge in [0.2, 0.25) is 17.7 Å². The minimum atomic E-state index is -1.10. The molecule has 1 aromatic heterocycles. The monoisotopic (exact) mass is 511 g/mol. The summed E-state index contributed by atoms with van der Waals surface area (Å²) in [7, 11) is 0. The third kappa shape index (κ3) is 8.43. The van der Waals surface area contributed by atoms with Gasteiger partial charge in [0.25, 0.3) is 0 Å². The lowest BCUT2D eigenvalue weighted by Crippen LogP contribution is -2.57. The van der Waals surface area contributed by atoms with E-state index in [0.29, 0.717) is 25.0 Å². The third-order valence-electron chi connectivity index (χ3n) is 5.53. The van der Waals surface area contributed by atoms with Gasteiger partial charge in [0, 0.05) is 37.2 Å². The smallest absolute Gasteiger partial charge is 0.326 e. The molecule has 194 valence electrons. The molecular weight excluding hydrogens is 478 g/mol. The zero-order chi connectivity index (χ0) is 26.0. The molecule has 0 bridgehead atoms. The highest BCUT2D eigenvalue weighted by atomic mass is 32.1. The molecule has 4 unspecified atom stereocenters. The Labute approximate surface area is 207 Å². The molecular formula is C20H33N9O5S. The standard InChI is InChI=1S/C20H33N9O5S/c21-12(7-11-8-24-10-26-11)16(30)27-13(3-1-5-25-20(22)23)17(31)28-14(9-35)18(32)29-6-2-4-15(29)19(33)34/h8,10,12-15,35H,1-7,9,21H2,(H,24,26)(H,27,30)(H,28,31)(H,33,34)(H4,22,23,25). The zero-order valence-electron chi connectivity index (χ0n) is 19.2. The van der Waals surface area contributed by atoms with Crippen LogP contribution in [0.3, 0.4) is 0 Å². The Morgan fingerprint density at radius 3 is 2.57 bits per heavy atom. The third-order valence-corrected chi connectivity index (χ3v) is 5.89. The Morgan fingerprint density at radius 2 is 1.97 bits per heavy atom. The van der Waals surface area contributed by atoms with Gasteiger partial charge in [0.1, 0.15) is 18.1 Å². The average Bonchev–Trinajstić information content (AvgIpc) is 3.50. The number of guanidine groups is 1. The van der Waals surface area contributed by atoms with Crippen molar-refractivity contribution in [3.05, 3.63) is 18.2 Å². The maximum atomic E-state index is 13.1. The Kier molecular flexibility index (Phi) is 10.8. The molecule has 2 heterocycles.